The van der Waals surface area contributed by atoms with E-state index in [4.69, 9.17) is 0 Å². The van der Waals surface area contributed by atoms with E-state index in [1.807, 2.05) is 24.3 Å². The second kappa shape index (κ2) is 7.30. The molecular weight excluding hydrogens is 330 g/mol. The molecule has 0 aliphatic carbocycles. The summed E-state index contributed by atoms with van der Waals surface area (Å²) in [6.07, 6.45) is 8.38. The Hall–Kier alpha value is -3.29. The Kier molecular flexibility index (Phi) is 4.55. The molecule has 3 aromatic rings. The summed E-state index contributed by atoms with van der Waals surface area (Å²) in [5.41, 5.74) is 1.66. The molecule has 8 nitrogen and oxygen atoms in total. The average Bonchev–Trinajstić information content (AvgIpc) is 3.24. The number of hydrogen-bond donors (Lipinski definition) is 1. The lowest BCUT2D eigenvalue weighted by Gasteiger charge is -2.31. The number of aromatic nitrogens is 5. The van der Waals surface area contributed by atoms with Crippen LogP contribution in [0.15, 0.2) is 55.4 Å². The van der Waals surface area contributed by atoms with Crippen molar-refractivity contribution in [2.24, 2.45) is 5.92 Å². The Morgan fingerprint density at radius 1 is 1.15 bits per heavy atom. The van der Waals surface area contributed by atoms with Gasteiger partial charge in [-0.1, -0.05) is 0 Å². The first-order valence-corrected chi connectivity index (χ1v) is 8.57. The van der Waals surface area contributed by atoms with Gasteiger partial charge >= 0.3 is 0 Å². The van der Waals surface area contributed by atoms with Crippen molar-refractivity contribution in [3.8, 4) is 5.69 Å². The molecule has 1 amide bonds. The lowest BCUT2D eigenvalue weighted by atomic mass is 9.97. The van der Waals surface area contributed by atoms with Crippen LogP contribution < -0.4 is 10.2 Å². The van der Waals surface area contributed by atoms with E-state index in [1.165, 1.54) is 6.33 Å². The summed E-state index contributed by atoms with van der Waals surface area (Å²) in [6, 6.07) is 9.33. The molecule has 1 saturated heterocycles. The summed E-state index contributed by atoms with van der Waals surface area (Å²) in [6.45, 7) is 1.51. The third kappa shape index (κ3) is 3.53. The van der Waals surface area contributed by atoms with Crippen LogP contribution in [0.4, 0.5) is 11.6 Å². The predicted octanol–water partition coefficient (Wildman–Crippen LogP) is 1.91. The van der Waals surface area contributed by atoms with Gasteiger partial charge in [-0.3, -0.25) is 4.79 Å². The SMILES string of the molecule is O=C(Nc1ccc(-n2cncn2)cc1)C1CCCN(c2ncccn2)C1. The molecule has 0 bridgehead atoms. The van der Waals surface area contributed by atoms with E-state index in [1.54, 1.807) is 29.5 Å². The number of carbonyl (C=O) groups excluding carboxylic acids is 1. The topological polar surface area (TPSA) is 88.8 Å². The summed E-state index contributed by atoms with van der Waals surface area (Å²) >= 11 is 0. The minimum absolute atomic E-state index is 0.0270. The normalized spacial score (nSPS) is 17.1. The molecule has 132 valence electrons. The predicted molar refractivity (Wildman–Crippen MR) is 97.0 cm³/mol. The third-order valence-corrected chi connectivity index (χ3v) is 4.45. The zero-order valence-electron chi connectivity index (χ0n) is 14.2. The zero-order valence-corrected chi connectivity index (χ0v) is 14.2. The monoisotopic (exact) mass is 349 g/mol. The van der Waals surface area contributed by atoms with Gasteiger partial charge in [0.05, 0.1) is 11.6 Å². The first kappa shape index (κ1) is 16.2. The van der Waals surface area contributed by atoms with Crippen molar-refractivity contribution >= 4 is 17.5 Å². The van der Waals surface area contributed by atoms with Crippen LogP contribution in [0.25, 0.3) is 5.69 Å². The Balaban J connectivity index is 1.40. The van der Waals surface area contributed by atoms with E-state index in [0.29, 0.717) is 12.5 Å². The van der Waals surface area contributed by atoms with Crippen LogP contribution in [0.1, 0.15) is 12.8 Å². The molecular formula is C18H19N7O. The molecule has 1 fully saturated rings. The third-order valence-electron chi connectivity index (χ3n) is 4.45. The van der Waals surface area contributed by atoms with Crippen molar-refractivity contribution in [1.29, 1.82) is 0 Å². The van der Waals surface area contributed by atoms with Crippen molar-refractivity contribution in [2.75, 3.05) is 23.3 Å². The van der Waals surface area contributed by atoms with Crippen LogP contribution in [0.5, 0.6) is 0 Å². The van der Waals surface area contributed by atoms with Crippen molar-refractivity contribution in [2.45, 2.75) is 12.8 Å². The minimum Gasteiger partial charge on any atom is -0.340 e. The maximum absolute atomic E-state index is 12.7. The second-order valence-electron chi connectivity index (χ2n) is 6.21. The quantitative estimate of drug-likeness (QED) is 0.774. The molecule has 1 aliphatic heterocycles. The van der Waals surface area contributed by atoms with E-state index >= 15 is 0 Å². The average molecular weight is 349 g/mol. The van der Waals surface area contributed by atoms with E-state index in [9.17, 15) is 4.79 Å². The Morgan fingerprint density at radius 3 is 2.69 bits per heavy atom. The van der Waals surface area contributed by atoms with Gasteiger partial charge in [-0.05, 0) is 43.2 Å². The smallest absolute Gasteiger partial charge is 0.229 e. The maximum Gasteiger partial charge on any atom is 0.229 e. The molecule has 8 heteroatoms. The number of rotatable bonds is 4. The molecule has 1 aromatic carbocycles. The van der Waals surface area contributed by atoms with Crippen molar-refractivity contribution in [3.63, 3.8) is 0 Å². The van der Waals surface area contributed by atoms with Gasteiger partial charge in [0.2, 0.25) is 11.9 Å². The van der Waals surface area contributed by atoms with E-state index in [0.717, 1.165) is 30.8 Å². The van der Waals surface area contributed by atoms with Gasteiger partial charge in [-0.2, -0.15) is 5.10 Å². The number of carbonyl (C=O) groups is 1. The number of nitrogens with zero attached hydrogens (tertiary/aromatic N) is 6. The molecule has 26 heavy (non-hydrogen) atoms. The van der Waals surface area contributed by atoms with Crippen molar-refractivity contribution in [3.05, 3.63) is 55.4 Å². The highest BCUT2D eigenvalue weighted by atomic mass is 16.1. The van der Waals surface area contributed by atoms with Gasteiger partial charge in [-0.15, -0.1) is 0 Å². The van der Waals surface area contributed by atoms with Gasteiger partial charge in [0.1, 0.15) is 12.7 Å². The number of amides is 1. The summed E-state index contributed by atoms with van der Waals surface area (Å²) < 4.78 is 1.67. The van der Waals surface area contributed by atoms with Crippen LogP contribution in [0, 0.1) is 5.92 Å². The Labute approximate surface area is 150 Å². The molecule has 1 aliphatic rings. The second-order valence-corrected chi connectivity index (χ2v) is 6.21. The number of anilines is 2. The minimum atomic E-state index is -0.0810. The summed E-state index contributed by atoms with van der Waals surface area (Å²) in [4.78, 5) is 27.2. The van der Waals surface area contributed by atoms with Crippen LogP contribution in [-0.2, 0) is 4.79 Å². The van der Waals surface area contributed by atoms with Crippen LogP contribution in [0.2, 0.25) is 0 Å². The molecule has 1 unspecified atom stereocenters. The fourth-order valence-electron chi connectivity index (χ4n) is 3.11. The van der Waals surface area contributed by atoms with E-state index < -0.39 is 0 Å². The zero-order chi connectivity index (χ0) is 17.8. The van der Waals surface area contributed by atoms with Crippen LogP contribution >= 0.6 is 0 Å². The lowest BCUT2D eigenvalue weighted by molar-refractivity contribution is -0.120. The summed E-state index contributed by atoms with van der Waals surface area (Å²) in [5, 5.41) is 7.09. The Bertz CT molecular complexity index is 849. The molecule has 0 radical (unpaired) electrons. The highest BCUT2D eigenvalue weighted by molar-refractivity contribution is 5.93. The Morgan fingerprint density at radius 2 is 1.96 bits per heavy atom. The summed E-state index contributed by atoms with van der Waals surface area (Å²) in [7, 11) is 0. The van der Waals surface area contributed by atoms with Crippen molar-refractivity contribution in [1.82, 2.24) is 24.7 Å². The molecule has 0 spiro atoms. The highest BCUT2D eigenvalue weighted by Gasteiger charge is 2.27. The molecule has 1 atom stereocenters. The molecule has 3 heterocycles. The van der Waals surface area contributed by atoms with E-state index in [-0.39, 0.29) is 11.8 Å². The van der Waals surface area contributed by atoms with Gasteiger partial charge in [0, 0.05) is 31.2 Å². The molecule has 2 aromatic heterocycles. The largest absolute Gasteiger partial charge is 0.340 e. The maximum atomic E-state index is 12.7. The first-order valence-electron chi connectivity index (χ1n) is 8.57. The fourth-order valence-corrected chi connectivity index (χ4v) is 3.11. The van der Waals surface area contributed by atoms with Gasteiger partial charge in [0.25, 0.3) is 0 Å². The summed E-state index contributed by atoms with van der Waals surface area (Å²) in [5.74, 6) is 0.629. The lowest BCUT2D eigenvalue weighted by Crippen LogP contribution is -2.41. The molecule has 0 saturated carbocycles. The van der Waals surface area contributed by atoms with Gasteiger partial charge in [-0.25, -0.2) is 19.6 Å². The number of hydrogen-bond acceptors (Lipinski definition) is 6. The molecule has 4 rings (SSSR count). The molecule has 1 N–H and O–H groups in total. The van der Waals surface area contributed by atoms with Crippen molar-refractivity contribution < 1.29 is 4.79 Å². The number of nitrogens with one attached hydrogen (secondary N) is 1. The van der Waals surface area contributed by atoms with Gasteiger partial charge < -0.3 is 10.2 Å². The fraction of sp³-hybridized carbons (Fsp3) is 0.278. The van der Waals surface area contributed by atoms with Gasteiger partial charge in [0.15, 0.2) is 0 Å². The van der Waals surface area contributed by atoms with Crippen LogP contribution in [-0.4, -0.2) is 43.7 Å². The highest BCUT2D eigenvalue weighted by Crippen LogP contribution is 2.22. The number of piperidine rings is 1. The standard InChI is InChI=1S/C18H19N7O/c26-17(14-3-1-10-24(11-14)18-20-8-2-9-21-18)23-15-4-6-16(7-5-15)25-13-19-12-22-25/h2,4-9,12-14H,1,3,10-11H2,(H,23,26). The number of benzene rings is 1. The van der Waals surface area contributed by atoms with Crippen LogP contribution in [0.3, 0.4) is 0 Å². The first-order chi connectivity index (χ1) is 12.8. The van der Waals surface area contributed by atoms with E-state index in [2.05, 4.69) is 30.3 Å².